The van der Waals surface area contributed by atoms with Crippen LogP contribution >= 0.6 is 11.8 Å². The molecule has 1 unspecified atom stereocenters. The molecule has 1 aromatic carbocycles. The Morgan fingerprint density at radius 2 is 1.88 bits per heavy atom. The van der Waals surface area contributed by atoms with Crippen molar-refractivity contribution in [1.82, 2.24) is 10.3 Å². The number of rotatable bonds is 7. The van der Waals surface area contributed by atoms with E-state index in [1.54, 1.807) is 6.07 Å². The maximum Gasteiger partial charge on any atom is 0.286 e. The Balaban J connectivity index is 1.49. The molecule has 6 nitrogen and oxygen atoms in total. The number of pyridine rings is 1. The highest BCUT2D eigenvalue weighted by molar-refractivity contribution is 8.15. The molecule has 2 N–H and O–H groups in total. The van der Waals surface area contributed by atoms with Gasteiger partial charge in [-0.25, -0.2) is 0 Å². The summed E-state index contributed by atoms with van der Waals surface area (Å²) < 4.78 is 5.71. The molecular formula is C18H18N2O4S. The molecule has 0 saturated carbocycles. The molecule has 25 heavy (non-hydrogen) atoms. The van der Waals surface area contributed by atoms with Crippen molar-refractivity contribution in [2.24, 2.45) is 0 Å². The lowest BCUT2D eigenvalue weighted by Gasteiger charge is -2.09. The van der Waals surface area contributed by atoms with Crippen molar-refractivity contribution in [2.75, 3.05) is 6.61 Å². The second-order valence-corrected chi connectivity index (χ2v) is 6.78. The number of aromatic nitrogens is 1. The quantitative estimate of drug-likeness (QED) is 0.788. The van der Waals surface area contributed by atoms with Gasteiger partial charge in [0.25, 0.3) is 5.24 Å². The predicted molar refractivity (Wildman–Crippen MR) is 94.4 cm³/mol. The van der Waals surface area contributed by atoms with Gasteiger partial charge in [0.1, 0.15) is 5.75 Å². The van der Waals surface area contributed by atoms with E-state index in [9.17, 15) is 9.59 Å². The minimum Gasteiger partial charge on any atom is -0.493 e. The van der Waals surface area contributed by atoms with Crippen molar-refractivity contribution in [1.29, 1.82) is 0 Å². The second-order valence-electron chi connectivity index (χ2n) is 5.61. The van der Waals surface area contributed by atoms with Gasteiger partial charge in [0.2, 0.25) is 5.91 Å². The zero-order valence-electron chi connectivity index (χ0n) is 13.5. The minimum atomic E-state index is -0.357. The summed E-state index contributed by atoms with van der Waals surface area (Å²) in [6.45, 7) is 0.412. The Morgan fingerprint density at radius 1 is 1.12 bits per heavy atom. The van der Waals surface area contributed by atoms with Gasteiger partial charge in [0.15, 0.2) is 0 Å². The first-order valence-electron chi connectivity index (χ1n) is 7.93. The number of carbonyl (C=O) groups excluding carboxylic acids is 2. The van der Waals surface area contributed by atoms with E-state index in [0.717, 1.165) is 28.8 Å². The third-order valence-corrected chi connectivity index (χ3v) is 4.75. The van der Waals surface area contributed by atoms with Crippen molar-refractivity contribution in [2.45, 2.75) is 24.7 Å². The van der Waals surface area contributed by atoms with E-state index in [1.165, 1.54) is 0 Å². The predicted octanol–water partition coefficient (Wildman–Crippen LogP) is 2.09. The highest BCUT2D eigenvalue weighted by Crippen LogP contribution is 2.23. The standard InChI is InChI=1S/C18H18N2O4S/c21-11-14-3-1-2-13(19-14)8-9-24-15-6-4-12(5-7-15)10-16-17(22)20-18(23)25-16/h1-7,16,21H,8-11H2,(H,20,22,23). The van der Waals surface area contributed by atoms with Crippen molar-refractivity contribution in [3.8, 4) is 5.75 Å². The molecule has 1 aromatic heterocycles. The molecule has 1 aliphatic heterocycles. The maximum atomic E-state index is 11.6. The van der Waals surface area contributed by atoms with Gasteiger partial charge in [-0.3, -0.25) is 19.9 Å². The number of aliphatic hydroxyl groups is 1. The molecule has 0 bridgehead atoms. The van der Waals surface area contributed by atoms with Crippen molar-refractivity contribution < 1.29 is 19.4 Å². The van der Waals surface area contributed by atoms with Gasteiger partial charge in [-0.05, 0) is 36.2 Å². The summed E-state index contributed by atoms with van der Waals surface area (Å²) in [5, 5.41) is 10.7. The molecule has 2 heterocycles. The van der Waals surface area contributed by atoms with Gasteiger partial charge in [0, 0.05) is 12.1 Å². The van der Waals surface area contributed by atoms with E-state index in [4.69, 9.17) is 9.84 Å². The molecule has 3 rings (SSSR count). The van der Waals surface area contributed by atoms with E-state index in [-0.39, 0.29) is 23.0 Å². The number of hydrogen-bond acceptors (Lipinski definition) is 6. The van der Waals surface area contributed by atoms with E-state index in [0.29, 0.717) is 25.1 Å². The SMILES string of the molecule is O=C1NC(=O)C(Cc2ccc(OCCc3cccc(CO)n3)cc2)S1. The molecule has 1 fully saturated rings. The molecule has 0 radical (unpaired) electrons. The van der Waals surface area contributed by atoms with Crippen LogP contribution in [0.15, 0.2) is 42.5 Å². The molecule has 0 spiro atoms. The van der Waals surface area contributed by atoms with E-state index < -0.39 is 0 Å². The summed E-state index contributed by atoms with van der Waals surface area (Å²) in [4.78, 5) is 27.1. The lowest BCUT2D eigenvalue weighted by atomic mass is 10.1. The van der Waals surface area contributed by atoms with Crippen molar-refractivity contribution >= 4 is 22.9 Å². The number of thioether (sulfide) groups is 1. The Hall–Kier alpha value is -2.38. The summed E-state index contributed by atoms with van der Waals surface area (Å²) in [5.41, 5.74) is 2.50. The number of nitrogens with one attached hydrogen (secondary N) is 1. The number of nitrogens with zero attached hydrogens (tertiary/aromatic N) is 1. The first-order valence-corrected chi connectivity index (χ1v) is 8.81. The molecule has 7 heteroatoms. The van der Waals surface area contributed by atoms with Crippen molar-refractivity contribution in [3.05, 3.63) is 59.4 Å². The van der Waals surface area contributed by atoms with Gasteiger partial charge < -0.3 is 9.84 Å². The lowest BCUT2D eigenvalue weighted by molar-refractivity contribution is -0.118. The molecule has 1 saturated heterocycles. The number of imide groups is 1. The number of benzene rings is 1. The van der Waals surface area contributed by atoms with Gasteiger partial charge in [-0.15, -0.1) is 0 Å². The van der Waals surface area contributed by atoms with Crippen LogP contribution in [0.3, 0.4) is 0 Å². The monoisotopic (exact) mass is 358 g/mol. The van der Waals surface area contributed by atoms with Crippen LogP contribution in [0.5, 0.6) is 5.75 Å². The number of ether oxygens (including phenoxy) is 1. The first-order chi connectivity index (χ1) is 12.1. The first kappa shape index (κ1) is 17.4. The molecule has 2 amide bonds. The average Bonchev–Trinajstić information content (AvgIpc) is 2.94. The molecule has 130 valence electrons. The number of amides is 2. The average molecular weight is 358 g/mol. The molecule has 1 atom stereocenters. The summed E-state index contributed by atoms with van der Waals surface area (Å²) in [6, 6.07) is 13.0. The fraction of sp³-hybridized carbons (Fsp3) is 0.278. The van der Waals surface area contributed by atoms with E-state index in [1.807, 2.05) is 36.4 Å². The van der Waals surface area contributed by atoms with Crippen LogP contribution < -0.4 is 10.1 Å². The largest absolute Gasteiger partial charge is 0.493 e. The Kier molecular flexibility index (Phi) is 5.67. The topological polar surface area (TPSA) is 88.5 Å². The zero-order valence-corrected chi connectivity index (χ0v) is 14.3. The number of carbonyl (C=O) groups is 2. The smallest absolute Gasteiger partial charge is 0.286 e. The lowest BCUT2D eigenvalue weighted by Crippen LogP contribution is -2.25. The maximum absolute atomic E-state index is 11.6. The van der Waals surface area contributed by atoms with Crippen LogP contribution in [-0.4, -0.2) is 33.1 Å². The normalized spacial score (nSPS) is 16.8. The Bertz CT molecular complexity index is 764. The van der Waals surface area contributed by atoms with Crippen LogP contribution in [0, 0.1) is 0 Å². The zero-order chi connectivity index (χ0) is 17.6. The van der Waals surface area contributed by atoms with Crippen molar-refractivity contribution in [3.63, 3.8) is 0 Å². The van der Waals surface area contributed by atoms with Gasteiger partial charge >= 0.3 is 0 Å². The fourth-order valence-corrected chi connectivity index (χ4v) is 3.35. The highest BCUT2D eigenvalue weighted by atomic mass is 32.2. The fourth-order valence-electron chi connectivity index (χ4n) is 2.49. The van der Waals surface area contributed by atoms with Crippen LogP contribution in [0.25, 0.3) is 0 Å². The third-order valence-electron chi connectivity index (χ3n) is 3.76. The third kappa shape index (κ3) is 4.80. The molecule has 1 aliphatic rings. The summed E-state index contributed by atoms with van der Waals surface area (Å²) in [5.74, 6) is 0.509. The van der Waals surface area contributed by atoms with Crippen LogP contribution in [0.4, 0.5) is 4.79 Å². The second kappa shape index (κ2) is 8.13. The van der Waals surface area contributed by atoms with Gasteiger partial charge in [-0.2, -0.15) is 0 Å². The summed E-state index contributed by atoms with van der Waals surface area (Å²) in [7, 11) is 0. The summed E-state index contributed by atoms with van der Waals surface area (Å²) in [6.07, 6.45) is 1.16. The Morgan fingerprint density at radius 3 is 2.56 bits per heavy atom. The van der Waals surface area contributed by atoms with Crippen LogP contribution in [0.1, 0.15) is 17.0 Å². The molecular weight excluding hydrogens is 340 g/mol. The highest BCUT2D eigenvalue weighted by Gasteiger charge is 2.31. The number of hydrogen-bond donors (Lipinski definition) is 2. The molecule has 0 aliphatic carbocycles. The Labute approximate surface area is 149 Å². The molecule has 2 aromatic rings. The van der Waals surface area contributed by atoms with E-state index >= 15 is 0 Å². The van der Waals surface area contributed by atoms with Crippen LogP contribution in [-0.2, 0) is 24.2 Å². The summed E-state index contributed by atoms with van der Waals surface area (Å²) >= 11 is 1.03. The minimum absolute atomic E-state index is 0.0704. The van der Waals surface area contributed by atoms with E-state index in [2.05, 4.69) is 10.3 Å². The van der Waals surface area contributed by atoms with Gasteiger partial charge in [0.05, 0.1) is 24.2 Å². The number of aliphatic hydroxyl groups excluding tert-OH is 1. The van der Waals surface area contributed by atoms with Crippen LogP contribution in [0.2, 0.25) is 0 Å². The van der Waals surface area contributed by atoms with Gasteiger partial charge in [-0.1, -0.05) is 30.0 Å².